The van der Waals surface area contributed by atoms with Crippen LogP contribution in [-0.4, -0.2) is 16.5 Å². The molecule has 2 atom stereocenters. The number of nitrogens with zero attached hydrogens (tertiary/aromatic N) is 1. The molecule has 100 valence electrons. The second-order valence-corrected chi connectivity index (χ2v) is 5.76. The zero-order valence-electron chi connectivity index (χ0n) is 11.5. The Morgan fingerprint density at radius 3 is 2.84 bits per heavy atom. The molecule has 2 unspecified atom stereocenters. The summed E-state index contributed by atoms with van der Waals surface area (Å²) in [7, 11) is 1.98. The monoisotopic (exact) mass is 256 g/mol. The van der Waals surface area contributed by atoms with Crippen LogP contribution in [0.3, 0.4) is 0 Å². The van der Waals surface area contributed by atoms with Gasteiger partial charge < -0.3 is 9.88 Å². The molecule has 0 radical (unpaired) electrons. The molecule has 1 aromatic carbocycles. The van der Waals surface area contributed by atoms with Crippen molar-refractivity contribution < 1.29 is 4.79 Å². The maximum absolute atomic E-state index is 12.4. The Balaban J connectivity index is 1.86. The number of aryl methyl sites for hydroxylation is 1. The van der Waals surface area contributed by atoms with E-state index in [0.29, 0.717) is 6.04 Å². The van der Waals surface area contributed by atoms with Crippen LogP contribution < -0.4 is 5.32 Å². The van der Waals surface area contributed by atoms with E-state index in [1.807, 2.05) is 42.1 Å². The molecule has 1 aliphatic carbocycles. The molecule has 1 fully saturated rings. The number of hydrogen-bond donors (Lipinski definition) is 1. The summed E-state index contributed by atoms with van der Waals surface area (Å²) in [6.45, 7) is 2.25. The second kappa shape index (κ2) is 4.72. The highest BCUT2D eigenvalue weighted by Crippen LogP contribution is 2.26. The third kappa shape index (κ3) is 2.25. The van der Waals surface area contributed by atoms with E-state index in [-0.39, 0.29) is 5.91 Å². The molecular formula is C16H20N2O. The smallest absolute Gasteiger partial charge is 0.253 e. The third-order valence-electron chi connectivity index (χ3n) is 4.17. The zero-order chi connectivity index (χ0) is 13.4. The van der Waals surface area contributed by atoms with Gasteiger partial charge >= 0.3 is 0 Å². The molecule has 3 heteroatoms. The van der Waals surface area contributed by atoms with E-state index in [0.717, 1.165) is 35.2 Å². The number of hydrogen-bond acceptors (Lipinski definition) is 1. The number of carbonyl (C=O) groups excluding carboxylic acids is 1. The lowest BCUT2D eigenvalue weighted by Gasteiger charge is -2.11. The van der Waals surface area contributed by atoms with E-state index in [2.05, 4.69) is 12.2 Å². The predicted molar refractivity (Wildman–Crippen MR) is 77.2 cm³/mol. The van der Waals surface area contributed by atoms with Gasteiger partial charge in [-0.3, -0.25) is 4.79 Å². The number of nitrogens with one attached hydrogen (secondary N) is 1. The average molecular weight is 256 g/mol. The molecule has 3 rings (SSSR count). The Bertz CT molecular complexity index is 614. The first kappa shape index (κ1) is 12.3. The fraction of sp³-hybridized carbons (Fsp3) is 0.438. The van der Waals surface area contributed by atoms with Gasteiger partial charge in [-0.2, -0.15) is 0 Å². The molecule has 19 heavy (non-hydrogen) atoms. The largest absolute Gasteiger partial charge is 0.350 e. The van der Waals surface area contributed by atoms with Crippen molar-refractivity contribution in [2.45, 2.75) is 32.2 Å². The molecule has 1 amide bonds. The molecule has 3 nitrogen and oxygen atoms in total. The van der Waals surface area contributed by atoms with Gasteiger partial charge in [-0.1, -0.05) is 25.1 Å². The number of benzene rings is 1. The standard InChI is InChI=1S/C16H20N2O/c1-11-7-8-12(9-11)17-16(19)14-10-18(2)15-6-4-3-5-13(14)15/h3-6,10-12H,7-9H2,1-2H3,(H,17,19). The summed E-state index contributed by atoms with van der Waals surface area (Å²) in [6.07, 6.45) is 5.37. The number of carbonyl (C=O) groups is 1. The highest BCUT2D eigenvalue weighted by Gasteiger charge is 2.24. The minimum absolute atomic E-state index is 0.0656. The molecule has 0 aliphatic heterocycles. The first-order valence-corrected chi connectivity index (χ1v) is 7.00. The molecule has 1 heterocycles. The molecule has 1 saturated carbocycles. The highest BCUT2D eigenvalue weighted by atomic mass is 16.1. The van der Waals surface area contributed by atoms with E-state index in [4.69, 9.17) is 0 Å². The van der Waals surface area contributed by atoms with Crippen molar-refractivity contribution >= 4 is 16.8 Å². The zero-order valence-corrected chi connectivity index (χ0v) is 11.5. The number of aromatic nitrogens is 1. The minimum Gasteiger partial charge on any atom is -0.350 e. The molecule has 0 spiro atoms. The maximum Gasteiger partial charge on any atom is 0.253 e. The number of fused-ring (bicyclic) bond motifs is 1. The number of rotatable bonds is 2. The summed E-state index contributed by atoms with van der Waals surface area (Å²) in [5.41, 5.74) is 1.89. The van der Waals surface area contributed by atoms with E-state index in [1.54, 1.807) is 0 Å². The summed E-state index contributed by atoms with van der Waals surface area (Å²) in [6, 6.07) is 8.39. The van der Waals surface area contributed by atoms with E-state index in [9.17, 15) is 4.79 Å². The van der Waals surface area contributed by atoms with Crippen LogP contribution in [0.2, 0.25) is 0 Å². The lowest BCUT2D eigenvalue weighted by molar-refractivity contribution is 0.0939. The van der Waals surface area contributed by atoms with Gasteiger partial charge in [0, 0.05) is 30.2 Å². The van der Waals surface area contributed by atoms with E-state index >= 15 is 0 Å². The first-order chi connectivity index (χ1) is 9.15. The molecule has 2 aromatic rings. The minimum atomic E-state index is 0.0656. The van der Waals surface area contributed by atoms with Crippen molar-refractivity contribution in [3.63, 3.8) is 0 Å². The van der Waals surface area contributed by atoms with Gasteiger partial charge in [-0.05, 0) is 31.2 Å². The second-order valence-electron chi connectivity index (χ2n) is 5.76. The Kier molecular flexibility index (Phi) is 3.05. The molecule has 1 N–H and O–H groups in total. The molecule has 0 bridgehead atoms. The predicted octanol–water partition coefficient (Wildman–Crippen LogP) is 3.10. The maximum atomic E-state index is 12.4. The molecule has 0 saturated heterocycles. The quantitative estimate of drug-likeness (QED) is 0.880. The summed E-state index contributed by atoms with van der Waals surface area (Å²) in [5, 5.41) is 4.21. The van der Waals surface area contributed by atoms with Crippen LogP contribution in [0.1, 0.15) is 36.5 Å². The molecular weight excluding hydrogens is 236 g/mol. The first-order valence-electron chi connectivity index (χ1n) is 7.00. The summed E-state index contributed by atoms with van der Waals surface area (Å²) in [4.78, 5) is 12.4. The van der Waals surface area contributed by atoms with Gasteiger partial charge in [0.05, 0.1) is 5.56 Å². The SMILES string of the molecule is CC1CCC(NC(=O)c2cn(C)c3ccccc23)C1. The molecule has 1 aromatic heterocycles. The highest BCUT2D eigenvalue weighted by molar-refractivity contribution is 6.07. The Hall–Kier alpha value is -1.77. The fourth-order valence-corrected chi connectivity index (χ4v) is 3.12. The summed E-state index contributed by atoms with van der Waals surface area (Å²) < 4.78 is 2.02. The van der Waals surface area contributed by atoms with E-state index < -0.39 is 0 Å². The van der Waals surface area contributed by atoms with Crippen molar-refractivity contribution in [1.82, 2.24) is 9.88 Å². The lowest BCUT2D eigenvalue weighted by atomic mass is 10.1. The van der Waals surface area contributed by atoms with Crippen molar-refractivity contribution in [3.05, 3.63) is 36.0 Å². The van der Waals surface area contributed by atoms with Crippen LogP contribution in [0.5, 0.6) is 0 Å². The van der Waals surface area contributed by atoms with Crippen LogP contribution in [0, 0.1) is 5.92 Å². The Morgan fingerprint density at radius 2 is 2.11 bits per heavy atom. The summed E-state index contributed by atoms with van der Waals surface area (Å²) >= 11 is 0. The van der Waals surface area contributed by atoms with Gasteiger partial charge in [0.25, 0.3) is 5.91 Å². The van der Waals surface area contributed by atoms with Gasteiger partial charge in [-0.15, -0.1) is 0 Å². The Morgan fingerprint density at radius 1 is 1.32 bits per heavy atom. The van der Waals surface area contributed by atoms with Crippen LogP contribution in [0.4, 0.5) is 0 Å². The molecule has 1 aliphatic rings. The average Bonchev–Trinajstić information content (AvgIpc) is 2.95. The van der Waals surface area contributed by atoms with Gasteiger partial charge in [0.2, 0.25) is 0 Å². The summed E-state index contributed by atoms with van der Waals surface area (Å²) in [5.74, 6) is 0.800. The normalized spacial score (nSPS) is 22.8. The number of para-hydroxylation sites is 1. The third-order valence-corrected chi connectivity index (χ3v) is 4.17. The van der Waals surface area contributed by atoms with Crippen molar-refractivity contribution in [2.24, 2.45) is 13.0 Å². The fourth-order valence-electron chi connectivity index (χ4n) is 3.12. The van der Waals surface area contributed by atoms with Crippen LogP contribution in [-0.2, 0) is 7.05 Å². The van der Waals surface area contributed by atoms with Crippen molar-refractivity contribution in [3.8, 4) is 0 Å². The lowest BCUT2D eigenvalue weighted by Crippen LogP contribution is -2.32. The van der Waals surface area contributed by atoms with Crippen molar-refractivity contribution in [1.29, 1.82) is 0 Å². The van der Waals surface area contributed by atoms with E-state index in [1.165, 1.54) is 6.42 Å². The van der Waals surface area contributed by atoms with Gasteiger partial charge in [0.1, 0.15) is 0 Å². The van der Waals surface area contributed by atoms with Crippen LogP contribution >= 0.6 is 0 Å². The Labute approximate surface area is 113 Å². The van der Waals surface area contributed by atoms with Crippen LogP contribution in [0.15, 0.2) is 30.5 Å². The van der Waals surface area contributed by atoms with Gasteiger partial charge in [0.15, 0.2) is 0 Å². The van der Waals surface area contributed by atoms with Gasteiger partial charge in [-0.25, -0.2) is 0 Å². The van der Waals surface area contributed by atoms with Crippen LogP contribution in [0.25, 0.3) is 10.9 Å². The topological polar surface area (TPSA) is 34.0 Å². The number of amides is 1. The van der Waals surface area contributed by atoms with Crippen molar-refractivity contribution in [2.75, 3.05) is 0 Å².